The lowest BCUT2D eigenvalue weighted by Crippen LogP contribution is -2.64. The average molecular weight is 878 g/mol. The Morgan fingerprint density at radius 2 is 1.09 bits per heavy atom. The zero-order valence-corrected chi connectivity index (χ0v) is 34.7. The number of hydrogen-bond donors (Lipinski definition) is 0. The molecule has 0 saturated heterocycles. The lowest BCUT2D eigenvalue weighted by atomic mass is 9.96. The smallest absolute Gasteiger partial charge is 0.361 e. The molecule has 1 unspecified atom stereocenters. The van der Waals surface area contributed by atoms with Gasteiger partial charge in [0.1, 0.15) is 43.5 Å². The third-order valence-electron chi connectivity index (χ3n) is 9.65. The summed E-state index contributed by atoms with van der Waals surface area (Å²) in [5.41, 5.74) is 5.08. The summed E-state index contributed by atoms with van der Waals surface area (Å²) in [4.78, 5) is 27.7. The van der Waals surface area contributed by atoms with Crippen molar-refractivity contribution in [2.45, 2.75) is 13.8 Å². The fourth-order valence-electron chi connectivity index (χ4n) is 6.66. The Balaban J connectivity index is 1.36. The molecule has 1 aliphatic rings. The molecule has 0 amide bonds. The number of ether oxygens (including phenoxy) is 5. The highest BCUT2D eigenvalue weighted by Gasteiger charge is 2.25. The zero-order chi connectivity index (χ0) is 39.7. The van der Waals surface area contributed by atoms with Gasteiger partial charge in [-0.25, -0.2) is 4.42 Å². The van der Waals surface area contributed by atoms with E-state index in [0.717, 1.165) is 22.3 Å². The van der Waals surface area contributed by atoms with Crippen molar-refractivity contribution in [1.82, 2.24) is 0 Å². The first-order valence-corrected chi connectivity index (χ1v) is 19.2. The van der Waals surface area contributed by atoms with Crippen LogP contribution < -0.4 is 40.2 Å². The molecule has 1 aromatic heterocycles. The van der Waals surface area contributed by atoms with E-state index in [9.17, 15) is 9.59 Å². The Kier molecular flexibility index (Phi) is 11.1. The zero-order valence-electron chi connectivity index (χ0n) is 31.5. The molecule has 1 aliphatic heterocycles. The van der Waals surface area contributed by atoms with Crippen LogP contribution in [0.4, 0.5) is 0 Å². The molecule has 0 N–H and O–H groups in total. The Labute approximate surface area is 340 Å². The van der Waals surface area contributed by atoms with Gasteiger partial charge in [0, 0.05) is 17.0 Å². The van der Waals surface area contributed by atoms with Crippen LogP contribution in [0.1, 0.15) is 27.8 Å². The van der Waals surface area contributed by atoms with Crippen molar-refractivity contribution >= 4 is 55.5 Å². The van der Waals surface area contributed by atoms with Gasteiger partial charge in [-0.15, -0.1) is 0 Å². The van der Waals surface area contributed by atoms with Gasteiger partial charge in [0.25, 0.3) is 0 Å². The number of hydrogen-bond acceptors (Lipinski definition) is 7. The van der Waals surface area contributed by atoms with E-state index in [0.29, 0.717) is 71.7 Å². The lowest BCUT2D eigenvalue weighted by Gasteiger charge is -2.23. The Hall–Kier alpha value is -5.71. The predicted octanol–water partition coefficient (Wildman–Crippen LogP) is 9.00. The van der Waals surface area contributed by atoms with Gasteiger partial charge in [0.15, 0.2) is 0 Å². The average Bonchev–Trinajstić information content (AvgIpc) is 3.22. The van der Waals surface area contributed by atoms with Crippen LogP contribution in [-0.2, 0) is 4.74 Å². The minimum Gasteiger partial charge on any atom is -0.495 e. The molecule has 56 heavy (non-hydrogen) atoms. The molecule has 0 saturated carbocycles. The van der Waals surface area contributed by atoms with Crippen LogP contribution >= 0.6 is 31.9 Å². The molecule has 0 radical (unpaired) electrons. The largest absolute Gasteiger partial charge is 0.495 e. The van der Waals surface area contributed by atoms with E-state index in [2.05, 4.69) is 31.9 Å². The van der Waals surface area contributed by atoms with Gasteiger partial charge in [-0.3, -0.25) is 9.59 Å². The predicted molar refractivity (Wildman–Crippen MR) is 227 cm³/mol. The van der Waals surface area contributed by atoms with E-state index in [-0.39, 0.29) is 21.3 Å². The third-order valence-corrected chi connectivity index (χ3v) is 11.2. The van der Waals surface area contributed by atoms with E-state index in [1.54, 1.807) is 46.7 Å². The molecular weight excluding hydrogens is 840 g/mol. The molecule has 0 spiro atoms. The summed E-state index contributed by atoms with van der Waals surface area (Å²) in [5.74, 6) is 3.97. The van der Waals surface area contributed by atoms with Gasteiger partial charge < -0.3 is 23.7 Å². The van der Waals surface area contributed by atoms with E-state index in [1.807, 2.05) is 105 Å². The second-order valence-electron chi connectivity index (χ2n) is 13.2. The normalized spacial score (nSPS) is 13.7. The molecule has 0 aliphatic carbocycles. The summed E-state index contributed by atoms with van der Waals surface area (Å²) < 4.78 is 36.7. The molecular formula is C46H37Br2O8+. The fraction of sp³-hybridized carbons (Fsp3) is 0.152. The van der Waals surface area contributed by atoms with Crippen LogP contribution in [0.25, 0.3) is 46.3 Å². The molecule has 282 valence electrons. The second kappa shape index (κ2) is 16.2. The highest BCUT2D eigenvalue weighted by Crippen LogP contribution is 2.42. The minimum atomic E-state index is -0.449. The number of allylic oxidation sites excluding steroid dienone is 2. The first-order chi connectivity index (χ1) is 27.0. The van der Waals surface area contributed by atoms with Gasteiger partial charge in [-0.05, 0) is 111 Å². The number of rotatable bonds is 10. The maximum Gasteiger partial charge on any atom is 0.361 e. The summed E-state index contributed by atoms with van der Waals surface area (Å²) in [5, 5.41) is 0.185. The molecule has 7 rings (SSSR count). The van der Waals surface area contributed by atoms with Crippen molar-refractivity contribution in [3.05, 3.63) is 165 Å². The highest BCUT2D eigenvalue weighted by molar-refractivity contribution is 9.11. The Morgan fingerprint density at radius 3 is 1.62 bits per heavy atom. The van der Waals surface area contributed by atoms with Crippen LogP contribution in [0.3, 0.4) is 0 Å². The maximum absolute atomic E-state index is 13.9. The summed E-state index contributed by atoms with van der Waals surface area (Å²) in [6, 6.07) is 26.7. The molecule has 0 bridgehead atoms. The van der Waals surface area contributed by atoms with Gasteiger partial charge in [-0.2, -0.15) is 0 Å². The van der Waals surface area contributed by atoms with Crippen molar-refractivity contribution in [1.29, 1.82) is 0 Å². The SMILES string of the molecule is COc1cc(C2=CC(C=c3c(=O)c(=Cc4cc(-c5cc(OC)c(Br)c(OC)c5)[o+]c(-c5ccccc5C)c4)c3=O)C=C(c3ccccc3C)O2)cc(OC)c1Br. The second-order valence-corrected chi connectivity index (χ2v) is 14.8. The van der Waals surface area contributed by atoms with Crippen LogP contribution in [0.15, 0.2) is 120 Å². The van der Waals surface area contributed by atoms with Crippen molar-refractivity contribution in [3.63, 3.8) is 0 Å². The van der Waals surface area contributed by atoms with Gasteiger partial charge in [0.05, 0.1) is 62.1 Å². The van der Waals surface area contributed by atoms with Crippen molar-refractivity contribution in [3.8, 4) is 45.6 Å². The van der Waals surface area contributed by atoms with Gasteiger partial charge >= 0.3 is 11.5 Å². The van der Waals surface area contributed by atoms with Crippen LogP contribution in [0, 0.1) is 19.8 Å². The molecule has 0 fully saturated rings. The van der Waals surface area contributed by atoms with E-state index in [1.165, 1.54) is 0 Å². The summed E-state index contributed by atoms with van der Waals surface area (Å²) in [7, 11) is 6.30. The number of methoxy groups -OCH3 is 4. The molecule has 8 nitrogen and oxygen atoms in total. The number of benzene rings is 4. The van der Waals surface area contributed by atoms with Crippen LogP contribution in [0.5, 0.6) is 23.0 Å². The number of halogens is 2. The van der Waals surface area contributed by atoms with E-state index in [4.69, 9.17) is 28.1 Å². The highest BCUT2D eigenvalue weighted by atomic mass is 79.9. The first-order valence-electron chi connectivity index (χ1n) is 17.6. The monoisotopic (exact) mass is 875 g/mol. The summed E-state index contributed by atoms with van der Waals surface area (Å²) in [6.45, 7) is 4.00. The van der Waals surface area contributed by atoms with Crippen molar-refractivity contribution in [2.24, 2.45) is 5.92 Å². The van der Waals surface area contributed by atoms with Gasteiger partial charge in [-0.1, -0.05) is 48.5 Å². The van der Waals surface area contributed by atoms with Crippen molar-refractivity contribution in [2.75, 3.05) is 28.4 Å². The first kappa shape index (κ1) is 38.6. The van der Waals surface area contributed by atoms with Crippen molar-refractivity contribution < 1.29 is 28.1 Å². The fourth-order valence-corrected chi connectivity index (χ4v) is 7.76. The topological polar surface area (TPSA) is 91.6 Å². The molecule has 5 aromatic carbocycles. The molecule has 1 atom stereocenters. The molecule has 10 heteroatoms. The quantitative estimate of drug-likeness (QED) is 0.126. The van der Waals surface area contributed by atoms with Gasteiger partial charge in [0.2, 0.25) is 10.9 Å². The summed E-state index contributed by atoms with van der Waals surface area (Å²) in [6.07, 6.45) is 7.10. The van der Waals surface area contributed by atoms with E-state index >= 15 is 0 Å². The molecule has 2 heterocycles. The summed E-state index contributed by atoms with van der Waals surface area (Å²) >= 11 is 7.08. The standard InChI is InChI=1S/C46H37Br2O8/c1-25-11-7-9-13-31(25)37-19-27(17-35(55-37)29-21-39(51-3)43(47)40(22-29)52-4)15-33-45(49)34(46(33)50)16-28-18-36(30-23-41(53-5)44(48)42(24-30)54-6)56-38(20-28)32-14-10-8-12-26(32)2/h7-24,27H,1-6H3/q+1. The maximum atomic E-state index is 13.9. The molecule has 6 aromatic rings. The van der Waals surface area contributed by atoms with E-state index < -0.39 is 5.92 Å². The Bertz CT molecular complexity index is 2690. The van der Waals surface area contributed by atoms with Crippen LogP contribution in [0.2, 0.25) is 0 Å². The minimum absolute atomic E-state index is 0.0804. The lowest BCUT2D eigenvalue weighted by molar-refractivity contribution is 0.388. The third kappa shape index (κ3) is 7.46. The number of aryl methyl sites for hydroxylation is 2. The van der Waals surface area contributed by atoms with Crippen LogP contribution in [-0.4, -0.2) is 28.4 Å². The Morgan fingerprint density at radius 1 is 0.607 bits per heavy atom.